The van der Waals surface area contributed by atoms with E-state index in [2.05, 4.69) is 28.1 Å². The first kappa shape index (κ1) is 18.0. The highest BCUT2D eigenvalue weighted by Crippen LogP contribution is 2.28. The summed E-state index contributed by atoms with van der Waals surface area (Å²) in [6.07, 6.45) is 4.58. The van der Waals surface area contributed by atoms with Crippen molar-refractivity contribution in [1.29, 1.82) is 0 Å². The van der Waals surface area contributed by atoms with E-state index in [4.69, 9.17) is 0 Å². The van der Waals surface area contributed by atoms with Crippen LogP contribution in [0.2, 0.25) is 0 Å². The number of nitrogens with zero attached hydrogens (tertiary/aromatic N) is 2. The van der Waals surface area contributed by atoms with Crippen molar-refractivity contribution in [2.24, 2.45) is 0 Å². The molecule has 1 heterocycles. The third-order valence-corrected chi connectivity index (χ3v) is 4.96. The number of carbonyl (C=O) groups is 1. The molecule has 3 rings (SSSR count). The molecule has 0 atom stereocenters. The number of thioether (sulfide) groups is 1. The number of nitrogens with one attached hydrogen (secondary N) is 1. The van der Waals surface area contributed by atoms with Gasteiger partial charge >= 0.3 is 0 Å². The summed E-state index contributed by atoms with van der Waals surface area (Å²) in [6, 6.07) is 14.8. The number of aromatic nitrogens is 1. The van der Waals surface area contributed by atoms with Gasteiger partial charge in [-0.1, -0.05) is 18.2 Å². The molecule has 0 bridgehead atoms. The molecule has 0 saturated heterocycles. The van der Waals surface area contributed by atoms with E-state index in [1.165, 1.54) is 28.7 Å². The van der Waals surface area contributed by atoms with Crippen LogP contribution < -0.4 is 5.32 Å². The molecular weight excluding hydrogens is 350 g/mol. The Kier molecular flexibility index (Phi) is 5.58. The number of benzene rings is 2. The topological polar surface area (TPSA) is 77.2 Å². The van der Waals surface area contributed by atoms with Crippen LogP contribution in [0, 0.1) is 10.1 Å². The lowest BCUT2D eigenvalue weighted by atomic mass is 10.2. The van der Waals surface area contributed by atoms with E-state index in [1.807, 2.05) is 18.3 Å². The fraction of sp³-hybridized carbons (Fsp3) is 0.211. The fourth-order valence-electron chi connectivity index (χ4n) is 2.86. The number of nitro groups is 1. The van der Waals surface area contributed by atoms with Gasteiger partial charge in [0.2, 0.25) is 0 Å². The zero-order valence-electron chi connectivity index (χ0n) is 14.3. The fourth-order valence-corrected chi connectivity index (χ4v) is 3.41. The number of hydrogen-bond acceptors (Lipinski definition) is 4. The molecule has 0 spiro atoms. The second-order valence-corrected chi connectivity index (χ2v) is 6.67. The summed E-state index contributed by atoms with van der Waals surface area (Å²) < 4.78 is 2.15. The van der Waals surface area contributed by atoms with E-state index >= 15 is 0 Å². The highest BCUT2D eigenvalue weighted by atomic mass is 32.2. The van der Waals surface area contributed by atoms with Gasteiger partial charge in [0, 0.05) is 36.4 Å². The van der Waals surface area contributed by atoms with Gasteiger partial charge in [0.15, 0.2) is 0 Å². The van der Waals surface area contributed by atoms with E-state index in [9.17, 15) is 14.9 Å². The largest absolute Gasteiger partial charge is 0.352 e. The lowest BCUT2D eigenvalue weighted by Gasteiger charge is -2.08. The predicted molar refractivity (Wildman–Crippen MR) is 104 cm³/mol. The molecule has 0 aliphatic carbocycles. The number of nitro benzene ring substituents is 1. The minimum atomic E-state index is -0.459. The van der Waals surface area contributed by atoms with Gasteiger partial charge in [-0.2, -0.15) is 0 Å². The molecule has 0 unspecified atom stereocenters. The standard InChI is InChI=1S/C19H19N3O3S/c1-26-18-8-7-15(13-17(18)22(24)25)19(23)20-10-4-11-21-12-9-14-5-2-3-6-16(14)21/h2-3,5-9,12-13H,4,10-11H2,1H3,(H,20,23). The molecule has 0 aliphatic heterocycles. The third kappa shape index (κ3) is 3.88. The maximum atomic E-state index is 12.2. The average molecular weight is 369 g/mol. The molecule has 1 N–H and O–H groups in total. The second-order valence-electron chi connectivity index (χ2n) is 5.82. The summed E-state index contributed by atoms with van der Waals surface area (Å²) >= 11 is 1.29. The van der Waals surface area contributed by atoms with Crippen molar-refractivity contribution in [2.75, 3.05) is 12.8 Å². The number of para-hydroxylation sites is 1. The summed E-state index contributed by atoms with van der Waals surface area (Å²) in [5, 5.41) is 15.1. The smallest absolute Gasteiger partial charge is 0.283 e. The van der Waals surface area contributed by atoms with Crippen LogP contribution in [-0.4, -0.2) is 28.2 Å². The van der Waals surface area contributed by atoms with Gasteiger partial charge in [0.1, 0.15) is 0 Å². The van der Waals surface area contributed by atoms with E-state index in [0.717, 1.165) is 13.0 Å². The molecule has 0 radical (unpaired) electrons. The normalized spacial score (nSPS) is 10.8. The Morgan fingerprint density at radius 3 is 2.81 bits per heavy atom. The molecule has 0 aliphatic rings. The maximum Gasteiger partial charge on any atom is 0.283 e. The highest BCUT2D eigenvalue weighted by molar-refractivity contribution is 7.98. The number of carbonyl (C=O) groups excluding carboxylic acids is 1. The first-order valence-corrected chi connectivity index (χ1v) is 9.47. The molecule has 26 heavy (non-hydrogen) atoms. The van der Waals surface area contributed by atoms with Crippen LogP contribution in [0.4, 0.5) is 5.69 Å². The lowest BCUT2D eigenvalue weighted by Crippen LogP contribution is -2.25. The van der Waals surface area contributed by atoms with Crippen molar-refractivity contribution in [3.63, 3.8) is 0 Å². The first-order valence-electron chi connectivity index (χ1n) is 8.24. The number of hydrogen-bond donors (Lipinski definition) is 1. The van der Waals surface area contributed by atoms with E-state index < -0.39 is 4.92 Å². The van der Waals surface area contributed by atoms with Crippen LogP contribution in [0.1, 0.15) is 16.8 Å². The summed E-state index contributed by atoms with van der Waals surface area (Å²) in [5.74, 6) is -0.293. The highest BCUT2D eigenvalue weighted by Gasteiger charge is 2.16. The summed E-state index contributed by atoms with van der Waals surface area (Å²) in [4.78, 5) is 23.4. The van der Waals surface area contributed by atoms with Gasteiger partial charge < -0.3 is 9.88 Å². The van der Waals surface area contributed by atoms with Crippen molar-refractivity contribution in [2.45, 2.75) is 17.9 Å². The maximum absolute atomic E-state index is 12.2. The minimum absolute atomic E-state index is 0.0380. The van der Waals surface area contributed by atoms with Crippen molar-refractivity contribution < 1.29 is 9.72 Å². The molecule has 3 aromatic rings. The number of fused-ring (bicyclic) bond motifs is 1. The van der Waals surface area contributed by atoms with Gasteiger partial charge in [0.05, 0.1) is 9.82 Å². The quantitative estimate of drug-likeness (QED) is 0.294. The lowest BCUT2D eigenvalue weighted by molar-refractivity contribution is -0.387. The Hall–Kier alpha value is -2.80. The molecule has 134 valence electrons. The van der Waals surface area contributed by atoms with Crippen molar-refractivity contribution in [1.82, 2.24) is 9.88 Å². The van der Waals surface area contributed by atoms with Crippen LogP contribution in [0.25, 0.3) is 10.9 Å². The summed E-state index contributed by atoms with van der Waals surface area (Å²) in [6.45, 7) is 1.29. The molecular formula is C19H19N3O3S. The number of amides is 1. The molecule has 7 heteroatoms. The Morgan fingerprint density at radius 1 is 1.23 bits per heavy atom. The molecule has 0 saturated carbocycles. The summed E-state index contributed by atoms with van der Waals surface area (Å²) in [5.41, 5.74) is 1.44. The average Bonchev–Trinajstić information content (AvgIpc) is 3.07. The Bertz CT molecular complexity index is 952. The van der Waals surface area contributed by atoms with E-state index in [0.29, 0.717) is 17.0 Å². The van der Waals surface area contributed by atoms with Gasteiger partial charge in [-0.05, 0) is 42.3 Å². The Labute approximate surface area is 155 Å². The van der Waals surface area contributed by atoms with E-state index in [-0.39, 0.29) is 11.6 Å². The van der Waals surface area contributed by atoms with E-state index in [1.54, 1.807) is 18.4 Å². The molecule has 6 nitrogen and oxygen atoms in total. The van der Waals surface area contributed by atoms with Crippen molar-refractivity contribution in [3.05, 3.63) is 70.4 Å². The monoisotopic (exact) mass is 369 g/mol. The van der Waals surface area contributed by atoms with Gasteiger partial charge in [0.25, 0.3) is 11.6 Å². The minimum Gasteiger partial charge on any atom is -0.352 e. The molecule has 2 aromatic carbocycles. The number of rotatable bonds is 7. The SMILES string of the molecule is CSc1ccc(C(=O)NCCCn2ccc3ccccc32)cc1[N+](=O)[O-]. The van der Waals surface area contributed by atoms with Crippen LogP contribution in [0.15, 0.2) is 59.6 Å². The Morgan fingerprint density at radius 2 is 2.04 bits per heavy atom. The number of aryl methyl sites for hydroxylation is 1. The van der Waals surface area contributed by atoms with Crippen molar-refractivity contribution >= 4 is 34.3 Å². The van der Waals surface area contributed by atoms with Gasteiger partial charge in [-0.15, -0.1) is 11.8 Å². The molecule has 0 fully saturated rings. The Balaban J connectivity index is 1.57. The first-order chi connectivity index (χ1) is 12.6. The summed E-state index contributed by atoms with van der Waals surface area (Å²) in [7, 11) is 0. The molecule has 1 amide bonds. The predicted octanol–water partition coefficient (Wildman–Crippen LogP) is 4.09. The van der Waals surface area contributed by atoms with Gasteiger partial charge in [-0.3, -0.25) is 14.9 Å². The third-order valence-electron chi connectivity index (χ3n) is 4.18. The van der Waals surface area contributed by atoms with Crippen LogP contribution >= 0.6 is 11.8 Å². The van der Waals surface area contributed by atoms with Crippen LogP contribution in [-0.2, 0) is 6.54 Å². The van der Waals surface area contributed by atoms with Gasteiger partial charge in [-0.25, -0.2) is 0 Å². The molecule has 1 aromatic heterocycles. The zero-order chi connectivity index (χ0) is 18.5. The van der Waals surface area contributed by atoms with Crippen LogP contribution in [0.3, 0.4) is 0 Å². The second kappa shape index (κ2) is 8.05. The van der Waals surface area contributed by atoms with Crippen LogP contribution in [0.5, 0.6) is 0 Å². The zero-order valence-corrected chi connectivity index (χ0v) is 15.2. The van der Waals surface area contributed by atoms with Crippen molar-refractivity contribution in [3.8, 4) is 0 Å².